The van der Waals surface area contributed by atoms with Gasteiger partial charge < -0.3 is 10.6 Å². The van der Waals surface area contributed by atoms with Crippen LogP contribution in [0.4, 0.5) is 0 Å². The Morgan fingerprint density at radius 3 is 1.27 bits per heavy atom. The van der Waals surface area contributed by atoms with Crippen molar-refractivity contribution in [1.82, 2.24) is 10.6 Å². The molecule has 0 radical (unpaired) electrons. The van der Waals surface area contributed by atoms with Gasteiger partial charge in [-0.15, -0.1) is 0 Å². The summed E-state index contributed by atoms with van der Waals surface area (Å²) in [6, 6.07) is 0.185. The lowest BCUT2D eigenvalue weighted by Crippen LogP contribution is -2.55. The molecule has 0 saturated heterocycles. The molecule has 0 aromatic carbocycles. The Morgan fingerprint density at radius 2 is 0.923 bits per heavy atom. The van der Waals surface area contributed by atoms with Crippen LogP contribution in [0.2, 0.25) is 0 Å². The second-order valence-corrected chi connectivity index (χ2v) is 9.99. The summed E-state index contributed by atoms with van der Waals surface area (Å²) in [6.07, 6.45) is 12.1. The first-order valence-corrected chi connectivity index (χ1v) is 11.5. The normalized spacial score (nSPS) is 38.4. The largest absolute Gasteiger partial charge is 0.351 e. The maximum Gasteiger partial charge on any atom is 0.223 e. The summed E-state index contributed by atoms with van der Waals surface area (Å²) < 4.78 is 0. The van der Waals surface area contributed by atoms with E-state index in [9.17, 15) is 9.59 Å². The molecule has 4 nitrogen and oxygen atoms in total. The van der Waals surface area contributed by atoms with Gasteiger partial charge >= 0.3 is 0 Å². The summed E-state index contributed by atoms with van der Waals surface area (Å²) in [7, 11) is 0. The van der Waals surface area contributed by atoms with Crippen LogP contribution in [-0.2, 0) is 9.59 Å². The van der Waals surface area contributed by atoms with Gasteiger partial charge in [-0.2, -0.15) is 25.3 Å². The molecule has 3 aliphatic carbocycles. The Balaban J connectivity index is 1.50. The number of carbonyl (C=O) groups is 2. The summed E-state index contributed by atoms with van der Waals surface area (Å²) in [4.78, 5) is 25.4. The summed E-state index contributed by atoms with van der Waals surface area (Å²) in [5, 5.41) is 7.46. The topological polar surface area (TPSA) is 58.2 Å². The molecule has 0 aliphatic heterocycles. The van der Waals surface area contributed by atoms with E-state index in [2.05, 4.69) is 35.9 Å². The van der Waals surface area contributed by atoms with Crippen molar-refractivity contribution in [2.45, 2.75) is 99.6 Å². The van der Waals surface area contributed by atoms with Crippen molar-refractivity contribution in [3.05, 3.63) is 0 Å². The van der Waals surface area contributed by atoms with Crippen molar-refractivity contribution < 1.29 is 9.59 Å². The van der Waals surface area contributed by atoms with Gasteiger partial charge in [-0.05, 0) is 64.2 Å². The molecule has 3 saturated carbocycles. The van der Waals surface area contributed by atoms with Gasteiger partial charge in [0, 0.05) is 34.4 Å². The highest BCUT2D eigenvalue weighted by molar-refractivity contribution is 7.81. The van der Waals surface area contributed by atoms with E-state index in [1.807, 2.05) is 0 Å². The highest BCUT2D eigenvalue weighted by Crippen LogP contribution is 2.30. The number of rotatable bonds is 4. The van der Waals surface area contributed by atoms with Crippen molar-refractivity contribution in [1.29, 1.82) is 0 Å². The maximum absolute atomic E-state index is 12.7. The van der Waals surface area contributed by atoms with Crippen LogP contribution in [0.3, 0.4) is 0 Å². The SMILES string of the molecule is O=C(NC1CCCCC1NC(=O)C1CCC(S)CC1)C1CCC(S)CC1. The van der Waals surface area contributed by atoms with Crippen molar-refractivity contribution in [3.63, 3.8) is 0 Å². The molecule has 3 aliphatic rings. The predicted octanol–water partition coefficient (Wildman–Crippen LogP) is 3.51. The van der Waals surface area contributed by atoms with Crippen molar-refractivity contribution in [2.24, 2.45) is 11.8 Å². The smallest absolute Gasteiger partial charge is 0.223 e. The molecule has 0 bridgehead atoms. The molecule has 0 heterocycles. The Labute approximate surface area is 168 Å². The van der Waals surface area contributed by atoms with Crippen LogP contribution < -0.4 is 10.6 Å². The van der Waals surface area contributed by atoms with Crippen LogP contribution in [0.25, 0.3) is 0 Å². The highest BCUT2D eigenvalue weighted by atomic mass is 32.1. The number of nitrogens with one attached hydrogen (secondary N) is 2. The second-order valence-electron chi connectivity index (χ2n) is 8.53. The quantitative estimate of drug-likeness (QED) is 0.548. The summed E-state index contributed by atoms with van der Waals surface area (Å²) in [5.74, 6) is 0.628. The zero-order valence-corrected chi connectivity index (χ0v) is 17.4. The molecule has 3 fully saturated rings. The molecule has 2 atom stereocenters. The lowest BCUT2D eigenvalue weighted by molar-refractivity contribution is -0.129. The van der Waals surface area contributed by atoms with Crippen molar-refractivity contribution >= 4 is 37.1 Å². The van der Waals surface area contributed by atoms with Gasteiger partial charge in [-0.1, -0.05) is 12.8 Å². The third-order valence-electron chi connectivity index (χ3n) is 6.56. The van der Waals surface area contributed by atoms with Crippen LogP contribution in [0.5, 0.6) is 0 Å². The second kappa shape index (κ2) is 9.72. The van der Waals surface area contributed by atoms with Crippen LogP contribution in [0, 0.1) is 11.8 Å². The lowest BCUT2D eigenvalue weighted by atomic mass is 9.85. The van der Waals surface area contributed by atoms with E-state index < -0.39 is 0 Å². The molecule has 148 valence electrons. The van der Waals surface area contributed by atoms with E-state index in [1.165, 1.54) is 0 Å². The van der Waals surface area contributed by atoms with Gasteiger partial charge in [0.1, 0.15) is 0 Å². The highest BCUT2D eigenvalue weighted by Gasteiger charge is 2.33. The fraction of sp³-hybridized carbons (Fsp3) is 0.900. The molecule has 2 amide bonds. The van der Waals surface area contributed by atoms with Crippen LogP contribution >= 0.6 is 25.3 Å². The van der Waals surface area contributed by atoms with Crippen molar-refractivity contribution in [2.75, 3.05) is 0 Å². The first kappa shape index (κ1) is 20.4. The number of amides is 2. The molecule has 6 heteroatoms. The third-order valence-corrected chi connectivity index (χ3v) is 7.59. The molecule has 0 aromatic heterocycles. The van der Waals surface area contributed by atoms with Gasteiger partial charge in [-0.3, -0.25) is 9.59 Å². The summed E-state index contributed by atoms with van der Waals surface area (Å²) in [5.41, 5.74) is 0. The number of carbonyl (C=O) groups excluding carboxylic acids is 2. The van der Waals surface area contributed by atoms with Crippen LogP contribution in [-0.4, -0.2) is 34.4 Å². The summed E-state index contributed by atoms with van der Waals surface area (Å²) in [6.45, 7) is 0. The molecule has 0 aromatic rings. The molecular weight excluding hydrogens is 364 g/mol. The average Bonchev–Trinajstić information content (AvgIpc) is 2.64. The van der Waals surface area contributed by atoms with Gasteiger partial charge in [-0.25, -0.2) is 0 Å². The minimum Gasteiger partial charge on any atom is -0.351 e. The first-order valence-electron chi connectivity index (χ1n) is 10.5. The summed E-state index contributed by atoms with van der Waals surface area (Å²) >= 11 is 9.05. The van der Waals surface area contributed by atoms with E-state index in [0.717, 1.165) is 77.0 Å². The van der Waals surface area contributed by atoms with Crippen LogP contribution in [0.15, 0.2) is 0 Å². The third kappa shape index (κ3) is 5.57. The van der Waals surface area contributed by atoms with E-state index >= 15 is 0 Å². The maximum atomic E-state index is 12.7. The minimum absolute atomic E-state index is 0.0927. The van der Waals surface area contributed by atoms with Crippen molar-refractivity contribution in [3.8, 4) is 0 Å². The first-order chi connectivity index (χ1) is 12.5. The number of thiol groups is 2. The number of hydrogen-bond donors (Lipinski definition) is 4. The fourth-order valence-corrected chi connectivity index (χ4v) is 5.35. The molecule has 0 spiro atoms. The zero-order chi connectivity index (χ0) is 18.5. The Bertz CT molecular complexity index is 442. The fourth-order valence-electron chi connectivity index (χ4n) is 4.75. The van der Waals surface area contributed by atoms with E-state index in [-0.39, 0.29) is 35.7 Å². The Morgan fingerprint density at radius 1 is 0.577 bits per heavy atom. The molecule has 3 rings (SSSR count). The minimum atomic E-state index is 0.0927. The molecule has 26 heavy (non-hydrogen) atoms. The number of hydrogen-bond acceptors (Lipinski definition) is 4. The van der Waals surface area contributed by atoms with E-state index in [4.69, 9.17) is 0 Å². The van der Waals surface area contributed by atoms with Gasteiger partial charge in [0.25, 0.3) is 0 Å². The van der Waals surface area contributed by atoms with E-state index in [1.54, 1.807) is 0 Å². The Kier molecular flexibility index (Phi) is 7.62. The zero-order valence-electron chi connectivity index (χ0n) is 15.7. The lowest BCUT2D eigenvalue weighted by Gasteiger charge is -2.36. The van der Waals surface area contributed by atoms with Gasteiger partial charge in [0.05, 0.1) is 0 Å². The van der Waals surface area contributed by atoms with Crippen LogP contribution in [0.1, 0.15) is 77.0 Å². The molecule has 2 unspecified atom stereocenters. The monoisotopic (exact) mass is 398 g/mol. The average molecular weight is 399 g/mol. The molecular formula is C20H34N2O2S2. The predicted molar refractivity (Wildman–Crippen MR) is 112 cm³/mol. The van der Waals surface area contributed by atoms with Gasteiger partial charge in [0.2, 0.25) is 11.8 Å². The van der Waals surface area contributed by atoms with E-state index in [0.29, 0.717) is 10.5 Å². The Hall–Kier alpha value is -0.360. The standard InChI is InChI=1S/C20H34N2O2S2/c23-19(13-5-9-15(25)10-6-13)21-17-3-1-2-4-18(17)22-20(24)14-7-11-16(26)12-8-14/h13-18,25-26H,1-12H2,(H,21,23)(H,22,24). The molecule has 2 N–H and O–H groups in total. The van der Waals surface area contributed by atoms with Gasteiger partial charge in [0.15, 0.2) is 0 Å².